The van der Waals surface area contributed by atoms with Crippen molar-refractivity contribution in [1.82, 2.24) is 19.9 Å². The Kier molecular flexibility index (Phi) is 5.79. The lowest BCUT2D eigenvalue weighted by Gasteiger charge is -2.14. The van der Waals surface area contributed by atoms with Crippen molar-refractivity contribution in [2.75, 3.05) is 19.0 Å². The molecule has 146 valence electrons. The number of nitrogens with zero attached hydrogens (tertiary/aromatic N) is 3. The lowest BCUT2D eigenvalue weighted by atomic mass is 10.1. The molecule has 0 spiro atoms. The van der Waals surface area contributed by atoms with E-state index in [-0.39, 0.29) is 23.8 Å². The van der Waals surface area contributed by atoms with Gasteiger partial charge in [0, 0.05) is 24.7 Å². The molecule has 0 saturated heterocycles. The average molecular weight is 402 g/mol. The molecule has 2 heterocycles. The number of aromatic nitrogens is 3. The van der Waals surface area contributed by atoms with E-state index < -0.39 is 0 Å². The number of amides is 1. The molecule has 1 aromatic carbocycles. The Morgan fingerprint density at radius 2 is 2.11 bits per heavy atom. The number of anilines is 2. The zero-order valence-electron chi connectivity index (χ0n) is 15.7. The predicted molar refractivity (Wildman–Crippen MR) is 109 cm³/mol. The first-order valence-electron chi connectivity index (χ1n) is 8.70. The highest BCUT2D eigenvalue weighted by atomic mass is 35.5. The van der Waals surface area contributed by atoms with Crippen LogP contribution in [0.5, 0.6) is 5.75 Å². The van der Waals surface area contributed by atoms with E-state index in [1.165, 1.54) is 13.2 Å². The highest BCUT2D eigenvalue weighted by Crippen LogP contribution is 2.26. The minimum atomic E-state index is -0.313. The molecule has 9 heteroatoms. The first-order valence-corrected chi connectivity index (χ1v) is 9.08. The number of halogens is 1. The van der Waals surface area contributed by atoms with E-state index >= 15 is 0 Å². The van der Waals surface area contributed by atoms with Crippen molar-refractivity contribution < 1.29 is 9.53 Å². The number of ether oxygens (including phenoxy) is 1. The van der Waals surface area contributed by atoms with E-state index in [1.54, 1.807) is 17.6 Å². The maximum atomic E-state index is 12.6. The number of hydrogen-bond donors (Lipinski definition) is 2. The second-order valence-electron chi connectivity index (χ2n) is 6.03. The lowest BCUT2D eigenvalue weighted by molar-refractivity contribution is -0.122. The maximum Gasteiger partial charge on any atom is 0.293 e. The summed E-state index contributed by atoms with van der Waals surface area (Å²) < 4.78 is 7.02. The summed E-state index contributed by atoms with van der Waals surface area (Å²) in [6.45, 7) is 3.89. The smallest absolute Gasteiger partial charge is 0.293 e. The number of carbonyl (C=O) groups excluding carboxylic acids is 1. The van der Waals surface area contributed by atoms with E-state index in [2.05, 4.69) is 20.6 Å². The number of pyridine rings is 1. The highest BCUT2D eigenvalue weighted by molar-refractivity contribution is 6.32. The molecule has 8 nitrogen and oxygen atoms in total. The van der Waals surface area contributed by atoms with E-state index in [1.807, 2.05) is 25.1 Å². The number of nitrogens with one attached hydrogen (secondary N) is 2. The van der Waals surface area contributed by atoms with Crippen molar-refractivity contribution >= 4 is 39.9 Å². The zero-order valence-corrected chi connectivity index (χ0v) is 16.5. The predicted octanol–water partition coefficient (Wildman–Crippen LogP) is 2.64. The van der Waals surface area contributed by atoms with Crippen LogP contribution >= 0.6 is 11.6 Å². The first kappa shape index (κ1) is 19.6. The van der Waals surface area contributed by atoms with E-state index in [0.29, 0.717) is 23.2 Å². The average Bonchev–Trinajstić information content (AvgIpc) is 2.69. The van der Waals surface area contributed by atoms with Gasteiger partial charge < -0.3 is 19.9 Å². The van der Waals surface area contributed by atoms with Crippen molar-refractivity contribution in [1.29, 1.82) is 0 Å². The van der Waals surface area contributed by atoms with Crippen LogP contribution in [0.4, 0.5) is 11.5 Å². The molecule has 2 aromatic heterocycles. The van der Waals surface area contributed by atoms with Gasteiger partial charge in [0.15, 0.2) is 18.2 Å². The van der Waals surface area contributed by atoms with Crippen LogP contribution in [0, 0.1) is 6.92 Å². The van der Waals surface area contributed by atoms with Crippen LogP contribution in [0.15, 0.2) is 35.3 Å². The monoisotopic (exact) mass is 401 g/mol. The molecule has 0 radical (unpaired) electrons. The standard InChI is InChI=1S/C19H20ClN5O3/c1-4-25-15-6-5-13(24-18-14(20)9-22-11(2)23-18)7-12(15)8-16(19(25)27)28-10-17(26)21-3/h5-9H,4,10H2,1-3H3,(H,21,26)(H,22,23,24). The fraction of sp³-hybridized carbons (Fsp3) is 0.263. The van der Waals surface area contributed by atoms with Crippen LogP contribution in [-0.2, 0) is 11.3 Å². The minimum absolute atomic E-state index is 0.117. The van der Waals surface area contributed by atoms with Gasteiger partial charge in [-0.25, -0.2) is 9.97 Å². The summed E-state index contributed by atoms with van der Waals surface area (Å²) in [5, 5.41) is 6.80. The molecule has 0 bridgehead atoms. The van der Waals surface area contributed by atoms with Crippen LogP contribution in [0.1, 0.15) is 12.7 Å². The van der Waals surface area contributed by atoms with Crippen molar-refractivity contribution in [3.63, 3.8) is 0 Å². The van der Waals surface area contributed by atoms with Crippen molar-refractivity contribution in [3.8, 4) is 5.75 Å². The summed E-state index contributed by atoms with van der Waals surface area (Å²) in [5.41, 5.74) is 1.22. The topological polar surface area (TPSA) is 98.1 Å². The molecule has 28 heavy (non-hydrogen) atoms. The molecule has 3 aromatic rings. The Labute approximate surface area is 166 Å². The molecule has 0 aliphatic carbocycles. The molecule has 0 aliphatic rings. The second-order valence-corrected chi connectivity index (χ2v) is 6.44. The van der Waals surface area contributed by atoms with Crippen LogP contribution in [0.3, 0.4) is 0 Å². The van der Waals surface area contributed by atoms with Gasteiger partial charge in [0.05, 0.1) is 11.7 Å². The summed E-state index contributed by atoms with van der Waals surface area (Å²) in [4.78, 5) is 32.4. The number of hydrogen-bond acceptors (Lipinski definition) is 6. The van der Waals surface area contributed by atoms with Crippen LogP contribution in [0.2, 0.25) is 5.02 Å². The molecular weight excluding hydrogens is 382 g/mol. The van der Waals surface area contributed by atoms with Gasteiger partial charge in [-0.05, 0) is 38.1 Å². The van der Waals surface area contributed by atoms with Gasteiger partial charge in [0.2, 0.25) is 0 Å². The van der Waals surface area contributed by atoms with E-state index in [4.69, 9.17) is 16.3 Å². The van der Waals surface area contributed by atoms with E-state index in [0.717, 1.165) is 16.6 Å². The second kappa shape index (κ2) is 8.26. The molecule has 3 rings (SSSR count). The molecule has 0 fully saturated rings. The van der Waals surface area contributed by atoms with Gasteiger partial charge in [0.25, 0.3) is 11.5 Å². The van der Waals surface area contributed by atoms with Gasteiger partial charge in [-0.1, -0.05) is 11.6 Å². The van der Waals surface area contributed by atoms with Gasteiger partial charge in [-0.2, -0.15) is 0 Å². The Morgan fingerprint density at radius 1 is 1.32 bits per heavy atom. The number of aryl methyl sites for hydroxylation is 2. The Balaban J connectivity index is 2.02. The molecular formula is C19H20ClN5O3. The Morgan fingerprint density at radius 3 is 2.82 bits per heavy atom. The first-order chi connectivity index (χ1) is 13.4. The van der Waals surface area contributed by atoms with Crippen LogP contribution in [0.25, 0.3) is 10.9 Å². The van der Waals surface area contributed by atoms with Crippen LogP contribution in [-0.4, -0.2) is 34.1 Å². The van der Waals surface area contributed by atoms with Gasteiger partial charge in [0.1, 0.15) is 10.8 Å². The molecule has 0 unspecified atom stereocenters. The summed E-state index contributed by atoms with van der Waals surface area (Å²) >= 11 is 6.15. The SMILES string of the molecule is CCn1c(=O)c(OCC(=O)NC)cc2cc(Nc3nc(C)ncc3Cl)ccc21. The fourth-order valence-corrected chi connectivity index (χ4v) is 2.89. The number of carbonyl (C=O) groups is 1. The van der Waals surface area contributed by atoms with Crippen molar-refractivity contribution in [3.05, 3.63) is 51.7 Å². The summed E-state index contributed by atoms with van der Waals surface area (Å²) in [7, 11) is 1.51. The normalized spacial score (nSPS) is 10.7. The van der Waals surface area contributed by atoms with Gasteiger partial charge in [-0.15, -0.1) is 0 Å². The quantitative estimate of drug-likeness (QED) is 0.659. The summed E-state index contributed by atoms with van der Waals surface area (Å²) in [5.74, 6) is 0.892. The Bertz CT molecular complexity index is 1100. The third-order valence-corrected chi connectivity index (χ3v) is 4.42. The maximum absolute atomic E-state index is 12.6. The minimum Gasteiger partial charge on any atom is -0.478 e. The molecule has 2 N–H and O–H groups in total. The largest absolute Gasteiger partial charge is 0.478 e. The third kappa shape index (κ3) is 4.07. The number of benzene rings is 1. The number of fused-ring (bicyclic) bond motifs is 1. The summed E-state index contributed by atoms with van der Waals surface area (Å²) in [6, 6.07) is 7.17. The highest BCUT2D eigenvalue weighted by Gasteiger charge is 2.12. The lowest BCUT2D eigenvalue weighted by Crippen LogP contribution is -2.28. The van der Waals surface area contributed by atoms with Crippen molar-refractivity contribution in [2.24, 2.45) is 0 Å². The number of rotatable bonds is 6. The molecule has 0 saturated carbocycles. The summed E-state index contributed by atoms with van der Waals surface area (Å²) in [6.07, 6.45) is 1.53. The number of likely N-dealkylation sites (N-methyl/N-ethyl adjacent to an activating group) is 1. The van der Waals surface area contributed by atoms with E-state index in [9.17, 15) is 9.59 Å². The fourth-order valence-electron chi connectivity index (χ4n) is 2.75. The molecule has 0 atom stereocenters. The molecule has 0 aliphatic heterocycles. The Hall–Kier alpha value is -3.13. The van der Waals surface area contributed by atoms with Gasteiger partial charge >= 0.3 is 0 Å². The van der Waals surface area contributed by atoms with Gasteiger partial charge in [-0.3, -0.25) is 9.59 Å². The van der Waals surface area contributed by atoms with Crippen LogP contribution < -0.4 is 20.9 Å². The van der Waals surface area contributed by atoms with Crippen molar-refractivity contribution in [2.45, 2.75) is 20.4 Å². The zero-order chi connectivity index (χ0) is 20.3. The third-order valence-electron chi connectivity index (χ3n) is 4.14. The molecule has 1 amide bonds.